The maximum Gasteiger partial charge on any atom is 0.431 e. The summed E-state index contributed by atoms with van der Waals surface area (Å²) in [7, 11) is 0. The summed E-state index contributed by atoms with van der Waals surface area (Å²) in [6.07, 6.45) is -52.1. The number of hydrogen-bond acceptors (Lipinski definition) is 1. The molecule has 0 aliphatic rings. The molecule has 0 aliphatic heterocycles. The molecule has 0 N–H and O–H groups in total. The monoisotopic (exact) mass is 482 g/mol. The molecule has 0 radical (unpaired) electrons. The normalized spacial score (nSPS) is 19.7. The zero-order valence-corrected chi connectivity index (χ0v) is 12.6. The molecule has 29 heavy (non-hydrogen) atoms. The van der Waals surface area contributed by atoms with Gasteiger partial charge in [0.15, 0.2) is 0 Å². The predicted molar refractivity (Wildman–Crippen MR) is 52.1 cm³/mol. The molecule has 0 saturated heterocycles. The molecule has 0 spiro atoms. The van der Waals surface area contributed by atoms with Crippen LogP contribution in [0, 0.1) is 0 Å². The topological polar surface area (TPSA) is 9.23 Å². The van der Waals surface area contributed by atoms with E-state index < -0.39 is 61.1 Å². The highest BCUT2D eigenvalue weighted by Gasteiger charge is 2.82. The zero-order chi connectivity index (χ0) is 24.1. The Bertz CT molecular complexity index is 515. The van der Waals surface area contributed by atoms with Crippen molar-refractivity contribution in [1.29, 1.82) is 0 Å². The molecule has 0 aromatic rings. The molecule has 0 heterocycles. The molecule has 176 valence electrons. The Morgan fingerprint density at radius 1 is 0.379 bits per heavy atom. The van der Waals surface area contributed by atoms with E-state index >= 15 is 0 Å². The van der Waals surface area contributed by atoms with Crippen LogP contribution in [0.25, 0.3) is 0 Å². The van der Waals surface area contributed by atoms with Crippen molar-refractivity contribution in [3.8, 4) is 0 Å². The van der Waals surface area contributed by atoms with Crippen molar-refractivity contribution in [2.75, 3.05) is 0 Å². The van der Waals surface area contributed by atoms with Crippen LogP contribution in [0.2, 0.25) is 0 Å². The molecule has 1 nitrogen and oxygen atoms in total. The standard InChI is InChI=1S/C10H4F18O/c11-3(7(19,20)21,1-5(13,14)15)9(25,26)29-10(27,28)4(12,8(22,23)24)2-6(16,17)18/h1-2H2. The van der Waals surface area contributed by atoms with E-state index in [0.717, 1.165) is 0 Å². The molecule has 0 aliphatic carbocycles. The highest BCUT2D eigenvalue weighted by Crippen LogP contribution is 2.57. The fourth-order valence-electron chi connectivity index (χ4n) is 1.61. The third-order valence-corrected chi connectivity index (χ3v) is 2.97. The first-order valence-electron chi connectivity index (χ1n) is 6.22. The van der Waals surface area contributed by atoms with Gasteiger partial charge in [-0.1, -0.05) is 0 Å². The van der Waals surface area contributed by atoms with Crippen LogP contribution in [0.15, 0.2) is 0 Å². The van der Waals surface area contributed by atoms with Crippen molar-refractivity contribution in [3.05, 3.63) is 0 Å². The second kappa shape index (κ2) is 7.14. The smallest absolute Gasteiger partial charge is 0.250 e. The molecular formula is C10H4F18O. The van der Waals surface area contributed by atoms with E-state index in [4.69, 9.17) is 0 Å². The fourth-order valence-corrected chi connectivity index (χ4v) is 1.61. The van der Waals surface area contributed by atoms with Crippen LogP contribution >= 0.6 is 0 Å². The van der Waals surface area contributed by atoms with Gasteiger partial charge in [-0.25, -0.2) is 13.5 Å². The highest BCUT2D eigenvalue weighted by molar-refractivity contribution is 5.02. The summed E-state index contributed by atoms with van der Waals surface area (Å²) in [6.45, 7) is 0. The molecular weight excluding hydrogens is 478 g/mol. The molecule has 0 amide bonds. The summed E-state index contributed by atoms with van der Waals surface area (Å²) in [6, 6.07) is 0. The van der Waals surface area contributed by atoms with Gasteiger partial charge in [0.2, 0.25) is 0 Å². The van der Waals surface area contributed by atoms with Crippen LogP contribution in [0.1, 0.15) is 12.8 Å². The average molecular weight is 482 g/mol. The molecule has 0 aromatic heterocycles. The lowest BCUT2D eigenvalue weighted by Crippen LogP contribution is -2.65. The van der Waals surface area contributed by atoms with E-state index in [1.165, 1.54) is 4.74 Å². The first-order chi connectivity index (χ1) is 12.1. The van der Waals surface area contributed by atoms with Gasteiger partial charge in [-0.15, -0.1) is 0 Å². The largest absolute Gasteiger partial charge is 0.431 e. The number of halogens is 18. The minimum atomic E-state index is -7.64. The van der Waals surface area contributed by atoms with Crippen LogP contribution in [-0.2, 0) is 4.74 Å². The highest BCUT2D eigenvalue weighted by atomic mass is 19.4. The quantitative estimate of drug-likeness (QED) is 0.386. The summed E-state index contributed by atoms with van der Waals surface area (Å²) in [5.74, 6) is 0. The Balaban J connectivity index is 6.44. The van der Waals surface area contributed by atoms with Crippen molar-refractivity contribution >= 4 is 0 Å². The Kier molecular flexibility index (Phi) is 6.82. The maximum absolute atomic E-state index is 13.4. The minimum absolute atomic E-state index is 1.44. The van der Waals surface area contributed by atoms with Gasteiger partial charge in [0.25, 0.3) is 0 Å². The maximum atomic E-state index is 13.4. The number of alkyl halides is 18. The molecule has 0 saturated carbocycles. The number of hydrogen-bond donors (Lipinski definition) is 0. The van der Waals surface area contributed by atoms with Gasteiger partial charge in [0, 0.05) is 0 Å². The molecule has 2 atom stereocenters. The van der Waals surface area contributed by atoms with Crippen LogP contribution in [0.4, 0.5) is 79.0 Å². The van der Waals surface area contributed by atoms with Crippen molar-refractivity contribution in [3.63, 3.8) is 0 Å². The molecule has 0 fully saturated rings. The van der Waals surface area contributed by atoms with Gasteiger partial charge < -0.3 is 0 Å². The van der Waals surface area contributed by atoms with E-state index in [1.54, 1.807) is 0 Å². The number of ether oxygens (including phenoxy) is 1. The first-order valence-corrected chi connectivity index (χ1v) is 6.22. The average Bonchev–Trinajstić information content (AvgIpc) is 2.29. The van der Waals surface area contributed by atoms with Crippen molar-refractivity contribution in [2.24, 2.45) is 0 Å². The SMILES string of the molecule is FC(F)(F)CC(F)(C(F)(F)F)C(F)(F)OC(F)(F)C(F)(CC(F)(F)F)C(F)(F)F. The fraction of sp³-hybridized carbons (Fsp3) is 1.00. The molecule has 19 heteroatoms. The molecule has 0 aromatic carbocycles. The zero-order valence-electron chi connectivity index (χ0n) is 12.6. The van der Waals surface area contributed by atoms with E-state index in [-0.39, 0.29) is 0 Å². The second-order valence-electron chi connectivity index (χ2n) is 5.32. The van der Waals surface area contributed by atoms with Crippen molar-refractivity contribution < 1.29 is 83.8 Å². The van der Waals surface area contributed by atoms with Crippen LogP contribution in [0.3, 0.4) is 0 Å². The molecule has 0 bridgehead atoms. The third-order valence-electron chi connectivity index (χ3n) is 2.97. The lowest BCUT2D eigenvalue weighted by atomic mass is 9.97. The van der Waals surface area contributed by atoms with Crippen LogP contribution in [-0.4, -0.2) is 48.3 Å². The molecule has 0 rings (SSSR count). The van der Waals surface area contributed by atoms with E-state index in [1.807, 2.05) is 0 Å². The van der Waals surface area contributed by atoms with E-state index in [9.17, 15) is 79.0 Å². The van der Waals surface area contributed by atoms with Crippen LogP contribution in [0.5, 0.6) is 0 Å². The lowest BCUT2D eigenvalue weighted by molar-refractivity contribution is -0.491. The Labute approximate surface area is 146 Å². The Morgan fingerprint density at radius 2 is 0.586 bits per heavy atom. The van der Waals surface area contributed by atoms with Gasteiger partial charge in [-0.2, -0.15) is 70.2 Å². The van der Waals surface area contributed by atoms with Crippen LogP contribution < -0.4 is 0 Å². The van der Waals surface area contributed by atoms with Gasteiger partial charge >= 0.3 is 48.3 Å². The van der Waals surface area contributed by atoms with E-state index in [2.05, 4.69) is 0 Å². The summed E-state index contributed by atoms with van der Waals surface area (Å²) in [4.78, 5) is 0. The van der Waals surface area contributed by atoms with Gasteiger partial charge in [0.1, 0.15) is 0 Å². The second-order valence-corrected chi connectivity index (χ2v) is 5.32. The minimum Gasteiger partial charge on any atom is -0.250 e. The lowest BCUT2D eigenvalue weighted by Gasteiger charge is -2.40. The summed E-state index contributed by atoms with van der Waals surface area (Å²) in [5.41, 5.74) is -14.5. The van der Waals surface area contributed by atoms with E-state index in [0.29, 0.717) is 0 Å². The van der Waals surface area contributed by atoms with Crippen molar-refractivity contribution in [2.45, 2.75) is 61.1 Å². The third kappa shape index (κ3) is 5.87. The Morgan fingerprint density at radius 3 is 0.724 bits per heavy atom. The van der Waals surface area contributed by atoms with Gasteiger partial charge in [0.05, 0.1) is 12.8 Å². The Hall–Kier alpha value is -1.30. The summed E-state index contributed by atoms with van der Waals surface area (Å²) < 4.78 is 227. The van der Waals surface area contributed by atoms with Gasteiger partial charge in [-0.3, -0.25) is 0 Å². The first kappa shape index (κ1) is 27.7. The predicted octanol–water partition coefficient (Wildman–Crippen LogP) is 6.63. The summed E-state index contributed by atoms with van der Waals surface area (Å²) >= 11 is 0. The van der Waals surface area contributed by atoms with Gasteiger partial charge in [-0.05, 0) is 0 Å². The molecule has 2 unspecified atom stereocenters. The van der Waals surface area contributed by atoms with Crippen molar-refractivity contribution in [1.82, 2.24) is 0 Å². The number of rotatable bonds is 6. The summed E-state index contributed by atoms with van der Waals surface area (Å²) in [5, 5.41) is 0.